The fraction of sp³-hybridized carbons (Fsp3) is 0.200. The number of amides is 1. The van der Waals surface area contributed by atoms with Crippen LogP contribution >= 0.6 is 23.2 Å². The van der Waals surface area contributed by atoms with Crippen molar-refractivity contribution in [3.63, 3.8) is 0 Å². The molecule has 1 aromatic heterocycles. The lowest BCUT2D eigenvalue weighted by molar-refractivity contribution is 0.102. The van der Waals surface area contributed by atoms with Crippen LogP contribution in [0.4, 0.5) is 11.4 Å². The highest BCUT2D eigenvalue weighted by Crippen LogP contribution is 2.26. The minimum absolute atomic E-state index is 0.00596. The second-order valence-electron chi connectivity index (χ2n) is 7.56. The van der Waals surface area contributed by atoms with Gasteiger partial charge in [-0.3, -0.25) is 14.2 Å². The molecule has 0 radical (unpaired) electrons. The van der Waals surface area contributed by atoms with Crippen LogP contribution in [-0.4, -0.2) is 24.1 Å². The maximum Gasteiger partial charge on any atom is 0.263 e. The lowest BCUT2D eigenvalue weighted by Crippen LogP contribution is -2.22. The van der Waals surface area contributed by atoms with Crippen LogP contribution in [0.1, 0.15) is 31.1 Å². The number of anilines is 2. The first-order chi connectivity index (χ1) is 14.0. The zero-order chi connectivity index (χ0) is 22.1. The number of hydrogen-bond acceptors (Lipinski definition) is 4. The van der Waals surface area contributed by atoms with Crippen LogP contribution in [0.25, 0.3) is 0 Å². The molecule has 2 aromatic carbocycles. The minimum Gasteiger partial charge on any atom is -0.319 e. The molecule has 1 heterocycles. The molecular formula is C20H20Cl2N4O3S. The van der Waals surface area contributed by atoms with E-state index in [1.807, 2.05) is 20.8 Å². The van der Waals surface area contributed by atoms with Gasteiger partial charge in [-0.15, -0.1) is 0 Å². The van der Waals surface area contributed by atoms with Crippen molar-refractivity contribution in [1.29, 1.82) is 0 Å². The van der Waals surface area contributed by atoms with Crippen LogP contribution in [-0.2, 0) is 15.6 Å². The third kappa shape index (κ3) is 5.13. The third-order valence-corrected chi connectivity index (χ3v) is 6.22. The highest BCUT2D eigenvalue weighted by atomic mass is 35.5. The summed E-state index contributed by atoms with van der Waals surface area (Å²) in [4.78, 5) is 12.4. The summed E-state index contributed by atoms with van der Waals surface area (Å²) in [6, 6.07) is 10.2. The van der Waals surface area contributed by atoms with E-state index in [1.54, 1.807) is 23.0 Å². The number of nitrogens with one attached hydrogen (secondary N) is 2. The van der Waals surface area contributed by atoms with Crippen molar-refractivity contribution < 1.29 is 13.2 Å². The summed E-state index contributed by atoms with van der Waals surface area (Å²) in [6.45, 7) is 5.95. The van der Waals surface area contributed by atoms with Crippen LogP contribution in [0, 0.1) is 0 Å². The summed E-state index contributed by atoms with van der Waals surface area (Å²) >= 11 is 11.9. The summed E-state index contributed by atoms with van der Waals surface area (Å²) in [5, 5.41) is 7.40. The predicted molar refractivity (Wildman–Crippen MR) is 119 cm³/mol. The van der Waals surface area contributed by atoms with Crippen molar-refractivity contribution in [3.05, 3.63) is 70.5 Å². The zero-order valence-corrected chi connectivity index (χ0v) is 18.8. The van der Waals surface area contributed by atoms with Crippen molar-refractivity contribution in [2.24, 2.45) is 0 Å². The highest BCUT2D eigenvalue weighted by Gasteiger charge is 2.21. The molecule has 1 amide bonds. The summed E-state index contributed by atoms with van der Waals surface area (Å²) < 4.78 is 29.7. The smallest absolute Gasteiger partial charge is 0.263 e. The molecule has 3 rings (SSSR count). The largest absolute Gasteiger partial charge is 0.319 e. The molecule has 7 nitrogen and oxygen atoms in total. The first-order valence-corrected chi connectivity index (χ1v) is 11.1. The number of carbonyl (C=O) groups excluding carboxylic acids is 1. The summed E-state index contributed by atoms with van der Waals surface area (Å²) in [5.74, 6) is -0.483. The van der Waals surface area contributed by atoms with E-state index >= 15 is 0 Å². The average molecular weight is 467 g/mol. The van der Waals surface area contributed by atoms with E-state index in [1.165, 1.54) is 36.5 Å². The van der Waals surface area contributed by atoms with E-state index in [4.69, 9.17) is 23.2 Å². The molecule has 0 unspecified atom stereocenters. The third-order valence-electron chi connectivity index (χ3n) is 4.11. The molecular weight excluding hydrogens is 447 g/mol. The first kappa shape index (κ1) is 22.1. The highest BCUT2D eigenvalue weighted by molar-refractivity contribution is 7.92. The Morgan fingerprint density at radius 3 is 2.30 bits per heavy atom. The molecule has 0 fully saturated rings. The SMILES string of the molecule is CC(C)(C)n1cc(NC(=O)c2ccc(Cl)c(S(=O)(=O)Nc3ccc(Cl)cc3)c2)cn1. The van der Waals surface area contributed by atoms with Crippen molar-refractivity contribution >= 4 is 50.5 Å². The molecule has 0 bridgehead atoms. The van der Waals surface area contributed by atoms with Crippen LogP contribution in [0.3, 0.4) is 0 Å². The van der Waals surface area contributed by atoms with Crippen LogP contribution < -0.4 is 10.0 Å². The molecule has 0 aliphatic rings. The summed E-state index contributed by atoms with van der Waals surface area (Å²) in [7, 11) is -4.02. The van der Waals surface area contributed by atoms with E-state index in [-0.39, 0.29) is 21.0 Å². The summed E-state index contributed by atoms with van der Waals surface area (Å²) in [6.07, 6.45) is 3.23. The fourth-order valence-electron chi connectivity index (χ4n) is 2.54. The van der Waals surface area contributed by atoms with Crippen molar-refractivity contribution in [3.8, 4) is 0 Å². The Kier molecular flexibility index (Phi) is 6.12. The molecule has 0 spiro atoms. The van der Waals surface area contributed by atoms with Gasteiger partial charge in [-0.25, -0.2) is 8.42 Å². The molecule has 0 aliphatic carbocycles. The standard InChI is InChI=1S/C20H20Cl2N4O3S/c1-20(2,3)26-12-16(11-23-26)24-19(27)13-4-9-17(22)18(10-13)30(28,29)25-15-7-5-14(21)6-8-15/h4-12,25H,1-3H3,(H,24,27). The Morgan fingerprint density at radius 1 is 1.03 bits per heavy atom. The predicted octanol–water partition coefficient (Wildman–Crippen LogP) is 5.00. The van der Waals surface area contributed by atoms with Crippen LogP contribution in [0.5, 0.6) is 0 Å². The lowest BCUT2D eigenvalue weighted by Gasteiger charge is -2.18. The van der Waals surface area contributed by atoms with Gasteiger partial charge < -0.3 is 5.32 Å². The number of nitrogens with zero attached hydrogens (tertiary/aromatic N) is 2. The van der Waals surface area contributed by atoms with Gasteiger partial charge in [0.25, 0.3) is 15.9 Å². The van der Waals surface area contributed by atoms with Gasteiger partial charge in [0.15, 0.2) is 0 Å². The van der Waals surface area contributed by atoms with E-state index in [9.17, 15) is 13.2 Å². The number of hydrogen-bond donors (Lipinski definition) is 2. The van der Waals surface area contributed by atoms with Crippen molar-refractivity contribution in [2.45, 2.75) is 31.2 Å². The molecule has 10 heteroatoms. The molecule has 0 saturated carbocycles. The van der Waals surface area contributed by atoms with E-state index in [2.05, 4.69) is 15.1 Å². The van der Waals surface area contributed by atoms with E-state index < -0.39 is 15.9 Å². The Morgan fingerprint density at radius 2 is 1.70 bits per heavy atom. The minimum atomic E-state index is -4.02. The van der Waals surface area contributed by atoms with Gasteiger partial charge >= 0.3 is 0 Å². The van der Waals surface area contributed by atoms with Gasteiger partial charge in [0.05, 0.1) is 22.4 Å². The molecule has 30 heavy (non-hydrogen) atoms. The van der Waals surface area contributed by atoms with Gasteiger partial charge in [0.2, 0.25) is 0 Å². The van der Waals surface area contributed by atoms with Gasteiger partial charge in [0.1, 0.15) is 4.90 Å². The van der Waals surface area contributed by atoms with Gasteiger partial charge in [0, 0.05) is 22.5 Å². The zero-order valence-electron chi connectivity index (χ0n) is 16.5. The normalized spacial score (nSPS) is 11.9. The molecule has 2 N–H and O–H groups in total. The Labute approximate surface area is 185 Å². The number of halogens is 2. The van der Waals surface area contributed by atoms with Crippen LogP contribution in [0.2, 0.25) is 10.0 Å². The number of aromatic nitrogens is 2. The van der Waals surface area contributed by atoms with Crippen molar-refractivity contribution in [1.82, 2.24) is 9.78 Å². The second-order valence-corrected chi connectivity index (χ2v) is 10.1. The molecule has 0 atom stereocenters. The van der Waals surface area contributed by atoms with Crippen molar-refractivity contribution in [2.75, 3.05) is 10.0 Å². The van der Waals surface area contributed by atoms with Gasteiger partial charge in [-0.05, 0) is 63.2 Å². The van der Waals surface area contributed by atoms with Gasteiger partial charge in [-0.2, -0.15) is 5.10 Å². The summed E-state index contributed by atoms with van der Waals surface area (Å²) in [5.41, 5.74) is 0.713. The first-order valence-electron chi connectivity index (χ1n) is 8.90. The number of sulfonamides is 1. The quantitative estimate of drug-likeness (QED) is 0.553. The fourth-order valence-corrected chi connectivity index (χ4v) is 4.25. The lowest BCUT2D eigenvalue weighted by atomic mass is 10.1. The number of rotatable bonds is 5. The second kappa shape index (κ2) is 8.29. The van der Waals surface area contributed by atoms with E-state index in [0.29, 0.717) is 16.4 Å². The van der Waals surface area contributed by atoms with Crippen LogP contribution in [0.15, 0.2) is 59.8 Å². The molecule has 0 aliphatic heterocycles. The molecule has 158 valence electrons. The number of carbonyl (C=O) groups is 1. The van der Waals surface area contributed by atoms with Gasteiger partial charge in [-0.1, -0.05) is 23.2 Å². The average Bonchev–Trinajstić information content (AvgIpc) is 3.12. The maximum atomic E-state index is 12.8. The monoisotopic (exact) mass is 466 g/mol. The maximum absolute atomic E-state index is 12.8. The number of benzene rings is 2. The van der Waals surface area contributed by atoms with E-state index in [0.717, 1.165) is 0 Å². The molecule has 3 aromatic rings. The Bertz CT molecular complexity index is 1180. The Hall–Kier alpha value is -2.55. The topological polar surface area (TPSA) is 93.1 Å². The molecule has 0 saturated heterocycles. The Balaban J connectivity index is 1.84.